The van der Waals surface area contributed by atoms with Crippen molar-refractivity contribution in [2.45, 2.75) is 6.10 Å². The quantitative estimate of drug-likeness (QED) is 0.531. The molecular formula is C6H12O3. The van der Waals surface area contributed by atoms with E-state index < -0.39 is 0 Å². The minimum absolute atomic E-state index is 0.156. The molecular weight excluding hydrogens is 120 g/mol. The van der Waals surface area contributed by atoms with E-state index in [1.807, 2.05) is 0 Å². The van der Waals surface area contributed by atoms with Gasteiger partial charge in [0.1, 0.15) is 6.10 Å². The van der Waals surface area contributed by atoms with E-state index in [0.717, 1.165) is 6.61 Å². The zero-order chi connectivity index (χ0) is 6.53. The fourth-order valence-corrected chi connectivity index (χ4v) is 0.819. The summed E-state index contributed by atoms with van der Waals surface area (Å²) in [4.78, 5) is 0. The van der Waals surface area contributed by atoms with Crippen LogP contribution in [0.2, 0.25) is 0 Å². The van der Waals surface area contributed by atoms with Gasteiger partial charge >= 0.3 is 0 Å². The maximum Gasteiger partial charge on any atom is 0.104 e. The zero-order valence-corrected chi connectivity index (χ0v) is 5.63. The SMILES string of the molecule is COC[C@@H]1COCCO1. The molecule has 1 aliphatic rings. The smallest absolute Gasteiger partial charge is 0.104 e. The second-order valence-electron chi connectivity index (χ2n) is 2.02. The highest BCUT2D eigenvalue weighted by Crippen LogP contribution is 1.99. The molecule has 0 aromatic carbocycles. The monoisotopic (exact) mass is 132 g/mol. The zero-order valence-electron chi connectivity index (χ0n) is 5.63. The molecule has 1 atom stereocenters. The lowest BCUT2D eigenvalue weighted by Gasteiger charge is -2.21. The molecule has 3 heteroatoms. The van der Waals surface area contributed by atoms with Crippen LogP contribution in [0.15, 0.2) is 0 Å². The molecule has 1 aliphatic heterocycles. The molecule has 0 amide bonds. The molecule has 3 nitrogen and oxygen atoms in total. The molecule has 0 radical (unpaired) electrons. The standard InChI is InChI=1S/C6H12O3/c1-7-4-6-5-8-2-3-9-6/h6H,2-5H2,1H3/t6-/m1/s1. The number of ether oxygens (including phenoxy) is 3. The minimum atomic E-state index is 0.156. The summed E-state index contributed by atoms with van der Waals surface area (Å²) in [6, 6.07) is 0. The van der Waals surface area contributed by atoms with Gasteiger partial charge in [0, 0.05) is 7.11 Å². The molecule has 0 saturated carbocycles. The number of hydrogen-bond acceptors (Lipinski definition) is 3. The molecule has 0 bridgehead atoms. The highest BCUT2D eigenvalue weighted by atomic mass is 16.6. The summed E-state index contributed by atoms with van der Waals surface area (Å²) < 4.78 is 15.3. The minimum Gasteiger partial charge on any atom is -0.382 e. The van der Waals surface area contributed by atoms with Crippen molar-refractivity contribution in [3.05, 3.63) is 0 Å². The Morgan fingerprint density at radius 1 is 1.56 bits per heavy atom. The second-order valence-corrected chi connectivity index (χ2v) is 2.02. The van der Waals surface area contributed by atoms with Crippen molar-refractivity contribution in [2.24, 2.45) is 0 Å². The Balaban J connectivity index is 2.08. The van der Waals surface area contributed by atoms with Crippen LogP contribution in [0.3, 0.4) is 0 Å². The van der Waals surface area contributed by atoms with Crippen LogP contribution in [0, 0.1) is 0 Å². The Labute approximate surface area is 54.9 Å². The van der Waals surface area contributed by atoms with Crippen molar-refractivity contribution in [1.82, 2.24) is 0 Å². The van der Waals surface area contributed by atoms with Gasteiger partial charge in [0.15, 0.2) is 0 Å². The van der Waals surface area contributed by atoms with Gasteiger partial charge in [-0.3, -0.25) is 0 Å². The molecule has 54 valence electrons. The summed E-state index contributed by atoms with van der Waals surface area (Å²) in [5.41, 5.74) is 0. The van der Waals surface area contributed by atoms with Gasteiger partial charge in [-0.15, -0.1) is 0 Å². The third kappa shape index (κ3) is 2.30. The van der Waals surface area contributed by atoms with Crippen LogP contribution in [0.5, 0.6) is 0 Å². The number of methoxy groups -OCH3 is 1. The largest absolute Gasteiger partial charge is 0.382 e. The van der Waals surface area contributed by atoms with E-state index in [9.17, 15) is 0 Å². The Bertz CT molecular complexity index is 65.9. The first-order valence-corrected chi connectivity index (χ1v) is 3.12. The van der Waals surface area contributed by atoms with Gasteiger partial charge in [-0.05, 0) is 0 Å². The number of hydrogen-bond donors (Lipinski definition) is 0. The molecule has 0 N–H and O–H groups in total. The Morgan fingerprint density at radius 3 is 3.00 bits per heavy atom. The summed E-state index contributed by atoms with van der Waals surface area (Å²) in [6.45, 7) is 2.74. The number of rotatable bonds is 2. The van der Waals surface area contributed by atoms with Crippen LogP contribution < -0.4 is 0 Å². The van der Waals surface area contributed by atoms with Gasteiger partial charge < -0.3 is 14.2 Å². The molecule has 1 heterocycles. The molecule has 0 aliphatic carbocycles. The van der Waals surface area contributed by atoms with Crippen LogP contribution in [-0.2, 0) is 14.2 Å². The van der Waals surface area contributed by atoms with E-state index >= 15 is 0 Å². The van der Waals surface area contributed by atoms with Gasteiger partial charge in [0.25, 0.3) is 0 Å². The summed E-state index contributed by atoms with van der Waals surface area (Å²) in [5, 5.41) is 0. The van der Waals surface area contributed by atoms with Crippen LogP contribution in [0.1, 0.15) is 0 Å². The summed E-state index contributed by atoms with van der Waals surface area (Å²) in [6.07, 6.45) is 0.156. The summed E-state index contributed by atoms with van der Waals surface area (Å²) in [5.74, 6) is 0. The highest BCUT2D eigenvalue weighted by molar-refractivity contribution is 4.58. The molecule has 0 spiro atoms. The summed E-state index contributed by atoms with van der Waals surface area (Å²) in [7, 11) is 1.66. The predicted molar refractivity (Wildman–Crippen MR) is 32.4 cm³/mol. The fourth-order valence-electron chi connectivity index (χ4n) is 0.819. The molecule has 1 saturated heterocycles. The van der Waals surface area contributed by atoms with Crippen molar-refractivity contribution in [3.8, 4) is 0 Å². The van der Waals surface area contributed by atoms with E-state index in [2.05, 4.69) is 0 Å². The van der Waals surface area contributed by atoms with E-state index in [-0.39, 0.29) is 6.10 Å². The van der Waals surface area contributed by atoms with Crippen molar-refractivity contribution >= 4 is 0 Å². The Hall–Kier alpha value is -0.120. The fraction of sp³-hybridized carbons (Fsp3) is 1.00. The van der Waals surface area contributed by atoms with Crippen LogP contribution in [0.4, 0.5) is 0 Å². The lowest BCUT2D eigenvalue weighted by molar-refractivity contribution is -0.110. The maximum atomic E-state index is 5.27. The van der Waals surface area contributed by atoms with Crippen LogP contribution in [-0.4, -0.2) is 39.6 Å². The van der Waals surface area contributed by atoms with E-state index in [1.165, 1.54) is 0 Å². The van der Waals surface area contributed by atoms with Gasteiger partial charge in [-0.1, -0.05) is 0 Å². The van der Waals surface area contributed by atoms with Crippen molar-refractivity contribution < 1.29 is 14.2 Å². The molecule has 0 unspecified atom stereocenters. The lowest BCUT2D eigenvalue weighted by Crippen LogP contribution is -2.31. The molecule has 1 rings (SSSR count). The van der Waals surface area contributed by atoms with Crippen LogP contribution >= 0.6 is 0 Å². The van der Waals surface area contributed by atoms with Crippen molar-refractivity contribution in [3.63, 3.8) is 0 Å². The van der Waals surface area contributed by atoms with E-state index in [4.69, 9.17) is 14.2 Å². The first-order valence-electron chi connectivity index (χ1n) is 3.12. The first-order chi connectivity index (χ1) is 4.43. The second kappa shape index (κ2) is 3.82. The van der Waals surface area contributed by atoms with Gasteiger partial charge in [0.2, 0.25) is 0 Å². The Morgan fingerprint density at radius 2 is 2.44 bits per heavy atom. The molecule has 1 fully saturated rings. The first kappa shape index (κ1) is 6.99. The average Bonchev–Trinajstić information content (AvgIpc) is 1.91. The maximum absolute atomic E-state index is 5.27. The average molecular weight is 132 g/mol. The molecule has 0 aromatic heterocycles. The topological polar surface area (TPSA) is 27.7 Å². The van der Waals surface area contributed by atoms with Crippen molar-refractivity contribution in [1.29, 1.82) is 0 Å². The molecule has 0 aromatic rings. The van der Waals surface area contributed by atoms with E-state index in [1.54, 1.807) is 7.11 Å². The summed E-state index contributed by atoms with van der Waals surface area (Å²) >= 11 is 0. The third-order valence-corrected chi connectivity index (χ3v) is 1.24. The normalized spacial score (nSPS) is 28.3. The van der Waals surface area contributed by atoms with Gasteiger partial charge in [-0.2, -0.15) is 0 Å². The Kier molecular flexibility index (Phi) is 2.97. The van der Waals surface area contributed by atoms with Crippen LogP contribution in [0.25, 0.3) is 0 Å². The highest BCUT2D eigenvalue weighted by Gasteiger charge is 2.12. The lowest BCUT2D eigenvalue weighted by atomic mass is 10.4. The third-order valence-electron chi connectivity index (χ3n) is 1.24. The van der Waals surface area contributed by atoms with Gasteiger partial charge in [0.05, 0.1) is 26.4 Å². The van der Waals surface area contributed by atoms with Gasteiger partial charge in [-0.25, -0.2) is 0 Å². The molecule has 9 heavy (non-hydrogen) atoms. The predicted octanol–water partition coefficient (Wildman–Crippen LogP) is 0.0482. The van der Waals surface area contributed by atoms with Crippen molar-refractivity contribution in [2.75, 3.05) is 33.5 Å². The van der Waals surface area contributed by atoms with E-state index in [0.29, 0.717) is 19.8 Å².